The van der Waals surface area contributed by atoms with Crippen LogP contribution in [0.1, 0.15) is 45.2 Å². The van der Waals surface area contributed by atoms with Gasteiger partial charge in [-0.3, -0.25) is 14.6 Å². The van der Waals surface area contributed by atoms with Gasteiger partial charge in [0.15, 0.2) is 0 Å². The zero-order valence-electron chi connectivity index (χ0n) is 21.9. The Kier molecular flexibility index (Phi) is 6.12. The van der Waals surface area contributed by atoms with Crippen LogP contribution in [0.25, 0.3) is 10.9 Å². The molecule has 196 valence electrons. The standard InChI is InChI=1S/C30H28N6O3/c1-30(17-31)18-39-16-22-4-3-19(11-25(22)30)28(37)33-14-23-12-26-20(13-32-23)5-6-27(34-26)36-10-8-24-21(15-36)7-9-35(2)29(24)38/h3-7,9,11-13H,8,10,14-16,18H2,1-2H3,(H,33,37)/t30-/m1/s1. The van der Waals surface area contributed by atoms with Crippen molar-refractivity contribution in [2.24, 2.45) is 7.05 Å². The Bertz CT molecular complexity index is 1720. The molecular formula is C30H28N6O3. The number of amides is 1. The summed E-state index contributed by atoms with van der Waals surface area (Å²) >= 11 is 0. The second-order valence-electron chi connectivity index (χ2n) is 10.4. The lowest BCUT2D eigenvalue weighted by atomic mass is 9.79. The summed E-state index contributed by atoms with van der Waals surface area (Å²) < 4.78 is 7.19. The van der Waals surface area contributed by atoms with Gasteiger partial charge in [0, 0.05) is 49.0 Å². The summed E-state index contributed by atoms with van der Waals surface area (Å²) in [5.41, 5.74) is 4.96. The predicted octanol–water partition coefficient (Wildman–Crippen LogP) is 3.13. The fraction of sp³-hybridized carbons (Fsp3) is 0.300. The number of pyridine rings is 3. The molecule has 0 saturated heterocycles. The number of nitrogens with zero attached hydrogens (tertiary/aromatic N) is 5. The molecule has 39 heavy (non-hydrogen) atoms. The summed E-state index contributed by atoms with van der Waals surface area (Å²) in [5, 5.41) is 13.5. The Morgan fingerprint density at radius 1 is 1.21 bits per heavy atom. The van der Waals surface area contributed by atoms with Gasteiger partial charge >= 0.3 is 0 Å². The summed E-state index contributed by atoms with van der Waals surface area (Å²) in [6, 6.07) is 15.6. The highest BCUT2D eigenvalue weighted by Gasteiger charge is 2.33. The number of rotatable bonds is 4. The molecule has 0 bridgehead atoms. The van der Waals surface area contributed by atoms with E-state index in [1.807, 2.05) is 43.5 Å². The van der Waals surface area contributed by atoms with Crippen molar-refractivity contribution in [2.75, 3.05) is 18.1 Å². The van der Waals surface area contributed by atoms with Gasteiger partial charge in [0.05, 0.1) is 37.0 Å². The molecule has 9 nitrogen and oxygen atoms in total. The Morgan fingerprint density at radius 3 is 2.92 bits per heavy atom. The molecule has 9 heteroatoms. The van der Waals surface area contributed by atoms with Gasteiger partial charge in [0.25, 0.3) is 11.5 Å². The van der Waals surface area contributed by atoms with Gasteiger partial charge in [0.2, 0.25) is 0 Å². The third-order valence-corrected chi connectivity index (χ3v) is 7.69. The quantitative estimate of drug-likeness (QED) is 0.440. The molecule has 4 aromatic rings. The first-order chi connectivity index (χ1) is 18.8. The van der Waals surface area contributed by atoms with Gasteiger partial charge in [-0.25, -0.2) is 4.98 Å². The number of nitriles is 1. The first-order valence-electron chi connectivity index (χ1n) is 12.9. The summed E-state index contributed by atoms with van der Waals surface area (Å²) in [5.74, 6) is 0.611. The van der Waals surface area contributed by atoms with Crippen molar-refractivity contribution in [1.82, 2.24) is 19.9 Å². The fourth-order valence-corrected chi connectivity index (χ4v) is 5.35. The molecule has 1 atom stereocenters. The van der Waals surface area contributed by atoms with E-state index in [1.54, 1.807) is 29.9 Å². The SMILES string of the molecule is Cn1ccc2c(c1=O)CCN(c1ccc3cnc(CNC(=O)c4ccc5c(c4)[C@](C)(C#N)COC5)cc3n1)C2. The first-order valence-corrected chi connectivity index (χ1v) is 12.9. The maximum Gasteiger partial charge on any atom is 0.253 e. The number of hydrogen-bond donors (Lipinski definition) is 1. The minimum atomic E-state index is -0.779. The molecule has 2 aliphatic heterocycles. The highest BCUT2D eigenvalue weighted by Crippen LogP contribution is 2.32. The molecule has 5 heterocycles. The topological polar surface area (TPSA) is 113 Å². The normalized spacial score (nSPS) is 18.2. The summed E-state index contributed by atoms with van der Waals surface area (Å²) in [4.78, 5) is 37.0. The van der Waals surface area contributed by atoms with Gasteiger partial charge in [-0.1, -0.05) is 6.07 Å². The Hall–Kier alpha value is -4.55. The molecule has 0 fully saturated rings. The summed E-state index contributed by atoms with van der Waals surface area (Å²) in [7, 11) is 1.78. The zero-order chi connectivity index (χ0) is 27.1. The van der Waals surface area contributed by atoms with Gasteiger partial charge < -0.3 is 19.5 Å². The van der Waals surface area contributed by atoms with E-state index in [1.165, 1.54) is 0 Å². The molecule has 0 spiro atoms. The van der Waals surface area contributed by atoms with Gasteiger partial charge in [-0.15, -0.1) is 0 Å². The Balaban J connectivity index is 1.18. The summed E-state index contributed by atoms with van der Waals surface area (Å²) in [6.07, 6.45) is 4.25. The van der Waals surface area contributed by atoms with Crippen LogP contribution in [-0.4, -0.2) is 33.6 Å². The molecule has 0 saturated carbocycles. The smallest absolute Gasteiger partial charge is 0.253 e. The monoisotopic (exact) mass is 520 g/mol. The molecule has 2 aliphatic rings. The van der Waals surface area contributed by atoms with E-state index in [0.29, 0.717) is 37.4 Å². The van der Waals surface area contributed by atoms with Crippen molar-refractivity contribution in [2.45, 2.75) is 38.5 Å². The largest absolute Gasteiger partial charge is 0.375 e. The number of ether oxygens (including phenoxy) is 1. The average molecular weight is 521 g/mol. The maximum atomic E-state index is 13.0. The first kappa shape index (κ1) is 24.8. The van der Waals surface area contributed by atoms with E-state index in [4.69, 9.17) is 9.72 Å². The molecule has 0 aliphatic carbocycles. The van der Waals surface area contributed by atoms with Crippen molar-refractivity contribution in [3.8, 4) is 6.07 Å². The minimum Gasteiger partial charge on any atom is -0.375 e. The van der Waals surface area contributed by atoms with E-state index < -0.39 is 5.41 Å². The molecule has 1 N–H and O–H groups in total. The number of carbonyl (C=O) groups is 1. The van der Waals surface area contributed by atoms with Crippen molar-refractivity contribution in [1.29, 1.82) is 5.26 Å². The number of hydrogen-bond acceptors (Lipinski definition) is 7. The number of fused-ring (bicyclic) bond motifs is 3. The fourth-order valence-electron chi connectivity index (χ4n) is 5.35. The lowest BCUT2D eigenvalue weighted by molar-refractivity contribution is 0.0757. The van der Waals surface area contributed by atoms with E-state index in [9.17, 15) is 14.9 Å². The van der Waals surface area contributed by atoms with E-state index >= 15 is 0 Å². The van der Waals surface area contributed by atoms with E-state index in [2.05, 4.69) is 21.3 Å². The van der Waals surface area contributed by atoms with Crippen LogP contribution in [0, 0.1) is 11.3 Å². The molecule has 0 unspecified atom stereocenters. The number of aromatic nitrogens is 3. The second kappa shape index (κ2) is 9.64. The third-order valence-electron chi connectivity index (χ3n) is 7.69. The average Bonchev–Trinajstić information content (AvgIpc) is 2.97. The molecule has 0 radical (unpaired) electrons. The van der Waals surface area contributed by atoms with Crippen LogP contribution in [0.4, 0.5) is 5.82 Å². The van der Waals surface area contributed by atoms with Gasteiger partial charge in [-0.2, -0.15) is 5.26 Å². The number of carbonyl (C=O) groups excluding carboxylic acids is 1. The number of nitrogens with one attached hydrogen (secondary N) is 1. The number of benzene rings is 1. The van der Waals surface area contributed by atoms with E-state index in [-0.39, 0.29) is 18.0 Å². The maximum absolute atomic E-state index is 13.0. The van der Waals surface area contributed by atoms with Crippen molar-refractivity contribution >= 4 is 22.6 Å². The lowest BCUT2D eigenvalue weighted by Crippen LogP contribution is -2.36. The van der Waals surface area contributed by atoms with Crippen LogP contribution in [0.15, 0.2) is 59.7 Å². The van der Waals surface area contributed by atoms with Crippen molar-refractivity contribution < 1.29 is 9.53 Å². The van der Waals surface area contributed by atoms with Crippen molar-refractivity contribution in [3.05, 3.63) is 98.7 Å². The molecular weight excluding hydrogens is 492 g/mol. The van der Waals surface area contributed by atoms with Gasteiger partial charge in [0.1, 0.15) is 11.2 Å². The predicted molar refractivity (Wildman–Crippen MR) is 146 cm³/mol. The van der Waals surface area contributed by atoms with Crippen LogP contribution in [-0.2, 0) is 43.3 Å². The highest BCUT2D eigenvalue weighted by atomic mass is 16.5. The minimum absolute atomic E-state index is 0.0693. The van der Waals surface area contributed by atoms with Gasteiger partial charge in [-0.05, 0) is 66.4 Å². The molecule has 1 amide bonds. The molecule has 3 aromatic heterocycles. The van der Waals surface area contributed by atoms with E-state index in [0.717, 1.165) is 45.5 Å². The molecule has 1 aromatic carbocycles. The Labute approximate surface area is 225 Å². The van der Waals surface area contributed by atoms with Crippen LogP contribution < -0.4 is 15.8 Å². The number of anilines is 1. The van der Waals surface area contributed by atoms with Crippen LogP contribution in [0.2, 0.25) is 0 Å². The number of aryl methyl sites for hydroxylation is 1. The van der Waals surface area contributed by atoms with Crippen LogP contribution >= 0.6 is 0 Å². The zero-order valence-corrected chi connectivity index (χ0v) is 21.9. The highest BCUT2D eigenvalue weighted by molar-refractivity contribution is 5.94. The molecule has 6 rings (SSSR count). The Morgan fingerprint density at radius 2 is 2.08 bits per heavy atom. The third kappa shape index (κ3) is 4.53. The van der Waals surface area contributed by atoms with Crippen LogP contribution in [0.5, 0.6) is 0 Å². The second-order valence-corrected chi connectivity index (χ2v) is 10.4. The lowest BCUT2D eigenvalue weighted by Gasteiger charge is -2.30. The summed E-state index contributed by atoms with van der Waals surface area (Å²) in [6.45, 7) is 4.17. The van der Waals surface area contributed by atoms with Crippen LogP contribution in [0.3, 0.4) is 0 Å². The van der Waals surface area contributed by atoms with Crippen molar-refractivity contribution in [3.63, 3.8) is 0 Å².